The van der Waals surface area contributed by atoms with Crippen molar-refractivity contribution in [3.63, 3.8) is 0 Å². The van der Waals surface area contributed by atoms with E-state index in [0.717, 1.165) is 37.7 Å². The van der Waals surface area contributed by atoms with Gasteiger partial charge in [-0.15, -0.1) is 0 Å². The Bertz CT molecular complexity index is 2200. The summed E-state index contributed by atoms with van der Waals surface area (Å²) in [6, 6.07) is 4.82. The maximum atomic E-state index is 15.7. The molecule has 0 radical (unpaired) electrons. The molecular weight excluding hydrogens is 729 g/mol. The summed E-state index contributed by atoms with van der Waals surface area (Å²) >= 11 is 6.17. The van der Waals surface area contributed by atoms with Crippen molar-refractivity contribution in [1.29, 1.82) is 0 Å². The summed E-state index contributed by atoms with van der Waals surface area (Å²) in [6.45, 7) is 13.6. The van der Waals surface area contributed by atoms with Crippen LogP contribution in [0.15, 0.2) is 30.7 Å². The lowest BCUT2D eigenvalue weighted by Crippen LogP contribution is -2.63. The van der Waals surface area contributed by atoms with Gasteiger partial charge in [0.05, 0.1) is 56.1 Å². The number of carbonyl (C=O) groups excluding carboxylic acids is 2. The van der Waals surface area contributed by atoms with Crippen molar-refractivity contribution < 1.29 is 22.8 Å². The highest BCUT2D eigenvalue weighted by atomic mass is 35.5. The molecule has 2 saturated carbocycles. The number of aromatic nitrogens is 4. The lowest BCUT2D eigenvalue weighted by Gasteiger charge is -2.54. The Hall–Kier alpha value is -4.23. The fourth-order valence-electron chi connectivity index (χ4n) is 8.86. The van der Waals surface area contributed by atoms with Gasteiger partial charge in [0, 0.05) is 29.4 Å². The van der Waals surface area contributed by atoms with Crippen molar-refractivity contribution in [2.45, 2.75) is 128 Å². The summed E-state index contributed by atoms with van der Waals surface area (Å²) in [5.41, 5.74) is 1.01. The van der Waals surface area contributed by atoms with Gasteiger partial charge in [-0.1, -0.05) is 24.4 Å². The van der Waals surface area contributed by atoms with Gasteiger partial charge < -0.3 is 20.1 Å². The van der Waals surface area contributed by atoms with E-state index in [1.54, 1.807) is 18.6 Å². The molecule has 0 bridgehead atoms. The van der Waals surface area contributed by atoms with Crippen LogP contribution in [-0.4, -0.2) is 72.6 Å². The molecule has 2 aliphatic heterocycles. The monoisotopic (exact) mass is 776 g/mol. The zero-order valence-corrected chi connectivity index (χ0v) is 33.0. The largest absolute Gasteiger partial charge is 0.344 e. The predicted octanol–water partition coefficient (Wildman–Crippen LogP) is 8.79. The number of imidazole rings is 1. The second-order valence-corrected chi connectivity index (χ2v) is 17.5. The Balaban J connectivity index is 1.16. The molecule has 55 heavy (non-hydrogen) atoms. The van der Waals surface area contributed by atoms with Crippen LogP contribution in [0.4, 0.5) is 30.4 Å². The summed E-state index contributed by atoms with van der Waals surface area (Å²) in [6.07, 6.45) is 9.52. The van der Waals surface area contributed by atoms with Gasteiger partial charge in [0.2, 0.25) is 5.91 Å². The predicted molar refractivity (Wildman–Crippen MR) is 208 cm³/mol. The van der Waals surface area contributed by atoms with E-state index in [9.17, 15) is 14.0 Å². The Kier molecular flexibility index (Phi) is 9.22. The van der Waals surface area contributed by atoms with E-state index in [-0.39, 0.29) is 40.6 Å². The zero-order chi connectivity index (χ0) is 39.2. The van der Waals surface area contributed by atoms with Crippen LogP contribution >= 0.6 is 11.6 Å². The Morgan fingerprint density at radius 1 is 0.982 bits per heavy atom. The number of halogens is 4. The Labute approximate surface area is 324 Å². The normalized spacial score (nSPS) is 23.7. The number of rotatable bonds is 9. The minimum absolute atomic E-state index is 0.0187. The number of alkyl halides is 1. The van der Waals surface area contributed by atoms with Crippen molar-refractivity contribution in [3.8, 4) is 11.3 Å². The van der Waals surface area contributed by atoms with Crippen LogP contribution < -0.4 is 15.5 Å². The lowest BCUT2D eigenvalue weighted by molar-refractivity contribution is -0.123. The fourth-order valence-corrected chi connectivity index (χ4v) is 9.09. The standard InChI is InChI=1S/C41H48ClF3N8O2/c1-22(2)52-21-47-29-17-27(48-36(34(29)52)49-28-16-26(31(42)33(45)32(28)44)37(54)50-41(11-12-41)23(3)43)24-15-30-35(46-20-24)39(4,5)38(55)53(30)25-18-40(6,19-25)51-13-9-7-8-10-14-51/h15-17,20-23,25H,7-14,18-19H2,1-6H3,(H,48,49)(H,50,54). The maximum Gasteiger partial charge on any atom is 0.253 e. The van der Waals surface area contributed by atoms with Gasteiger partial charge in [-0.2, -0.15) is 0 Å². The summed E-state index contributed by atoms with van der Waals surface area (Å²) in [7, 11) is 0. The molecule has 1 saturated heterocycles. The van der Waals surface area contributed by atoms with Crippen LogP contribution in [0, 0.1) is 11.6 Å². The summed E-state index contributed by atoms with van der Waals surface area (Å²) in [5, 5.41) is 4.87. The molecular formula is C41H48ClF3N8O2. The molecule has 1 aromatic carbocycles. The molecule has 2 amide bonds. The molecule has 3 fully saturated rings. The zero-order valence-electron chi connectivity index (χ0n) is 32.2. The third-order valence-corrected chi connectivity index (χ3v) is 12.9. The molecule has 8 rings (SSSR count). The first kappa shape index (κ1) is 37.7. The molecule has 4 aliphatic rings. The highest BCUT2D eigenvalue weighted by molar-refractivity contribution is 6.34. The first-order valence-corrected chi connectivity index (χ1v) is 19.8. The number of fused-ring (bicyclic) bond motifs is 2. The van der Waals surface area contributed by atoms with Crippen LogP contribution in [0.3, 0.4) is 0 Å². The van der Waals surface area contributed by atoms with Gasteiger partial charge in [-0.25, -0.2) is 23.1 Å². The first-order chi connectivity index (χ1) is 26.0. The highest BCUT2D eigenvalue weighted by Gasteiger charge is 2.55. The van der Waals surface area contributed by atoms with Crippen LogP contribution in [0.5, 0.6) is 0 Å². The molecule has 1 atom stereocenters. The Morgan fingerprint density at radius 3 is 2.31 bits per heavy atom. The number of carbonyl (C=O) groups is 2. The molecule has 2 aliphatic carbocycles. The smallest absolute Gasteiger partial charge is 0.253 e. The second-order valence-electron chi connectivity index (χ2n) is 17.1. The molecule has 2 N–H and O–H groups in total. The van der Waals surface area contributed by atoms with E-state index in [1.807, 2.05) is 43.2 Å². The number of nitrogens with zero attached hydrogens (tertiary/aromatic N) is 6. The number of hydrogen-bond acceptors (Lipinski definition) is 7. The number of anilines is 3. The van der Waals surface area contributed by atoms with Crippen LogP contribution in [0.1, 0.15) is 115 Å². The van der Waals surface area contributed by atoms with Crippen LogP contribution in [-0.2, 0) is 10.2 Å². The van der Waals surface area contributed by atoms with E-state index < -0.39 is 39.7 Å². The lowest BCUT2D eigenvalue weighted by atomic mass is 9.71. The number of nitrogens with one attached hydrogen (secondary N) is 2. The van der Waals surface area contributed by atoms with Gasteiger partial charge in [0.25, 0.3) is 5.91 Å². The van der Waals surface area contributed by atoms with E-state index in [1.165, 1.54) is 32.6 Å². The SMILES string of the molecule is CC(C)n1cnc2cc(-c3cnc4c(c3)N(C3CC(C)(N5CCCCCC5)C3)C(=O)C4(C)C)nc(Nc3cc(C(=O)NC4(C(C)F)CC4)c(Cl)c(F)c3F)c21. The first-order valence-electron chi connectivity index (χ1n) is 19.4. The third-order valence-electron chi connectivity index (χ3n) is 12.5. The summed E-state index contributed by atoms with van der Waals surface area (Å²) < 4.78 is 47.2. The van der Waals surface area contributed by atoms with Crippen LogP contribution in [0.25, 0.3) is 22.3 Å². The number of amides is 2. The van der Waals surface area contributed by atoms with E-state index in [0.29, 0.717) is 40.8 Å². The minimum Gasteiger partial charge on any atom is -0.344 e. The second kappa shape index (κ2) is 13.5. The number of hydrogen-bond donors (Lipinski definition) is 2. The fraction of sp³-hybridized carbons (Fsp3) is 0.537. The van der Waals surface area contributed by atoms with Crippen molar-refractivity contribution in [2.24, 2.45) is 0 Å². The number of pyridine rings is 2. The summed E-state index contributed by atoms with van der Waals surface area (Å²) in [5.74, 6) is -3.36. The minimum atomic E-state index is -1.42. The maximum absolute atomic E-state index is 15.7. The highest BCUT2D eigenvalue weighted by Crippen LogP contribution is 2.50. The van der Waals surface area contributed by atoms with Gasteiger partial charge in [0.1, 0.15) is 11.7 Å². The van der Waals surface area contributed by atoms with Crippen molar-refractivity contribution >= 4 is 51.6 Å². The van der Waals surface area contributed by atoms with Crippen molar-refractivity contribution in [3.05, 3.63) is 58.6 Å². The average Bonchev–Trinajstić information content (AvgIpc) is 3.83. The van der Waals surface area contributed by atoms with E-state index in [2.05, 4.69) is 27.4 Å². The quantitative estimate of drug-likeness (QED) is 0.164. The van der Waals surface area contributed by atoms with Gasteiger partial charge in [0.15, 0.2) is 17.5 Å². The van der Waals surface area contributed by atoms with Crippen LogP contribution in [0.2, 0.25) is 5.02 Å². The molecule has 4 aromatic rings. The molecule has 5 heterocycles. The van der Waals surface area contributed by atoms with Gasteiger partial charge in [-0.3, -0.25) is 19.5 Å². The topological polar surface area (TPSA) is 108 Å². The summed E-state index contributed by atoms with van der Waals surface area (Å²) in [4.78, 5) is 46.3. The molecule has 1 unspecified atom stereocenters. The average molecular weight is 777 g/mol. The van der Waals surface area contributed by atoms with Crippen molar-refractivity contribution in [1.82, 2.24) is 29.7 Å². The van der Waals surface area contributed by atoms with Gasteiger partial charge >= 0.3 is 0 Å². The Morgan fingerprint density at radius 2 is 1.67 bits per heavy atom. The molecule has 3 aromatic heterocycles. The number of likely N-dealkylation sites (tertiary alicyclic amines) is 1. The van der Waals surface area contributed by atoms with E-state index in [4.69, 9.17) is 21.6 Å². The van der Waals surface area contributed by atoms with Gasteiger partial charge in [-0.05, 0) is 111 Å². The molecule has 10 nitrogen and oxygen atoms in total. The molecule has 292 valence electrons. The van der Waals surface area contributed by atoms with Crippen molar-refractivity contribution in [2.75, 3.05) is 23.3 Å². The van der Waals surface area contributed by atoms with E-state index >= 15 is 8.78 Å². The third kappa shape index (κ3) is 6.25. The number of benzene rings is 1. The molecule has 0 spiro atoms. The molecule has 14 heteroatoms.